The van der Waals surface area contributed by atoms with Gasteiger partial charge in [0.2, 0.25) is 0 Å². The number of rotatable bonds is 8. The lowest BCUT2D eigenvalue weighted by Crippen LogP contribution is -2.38. The standard InChI is InChI=1S/C28H27ClN4O4/c1-4-16-31(27(34)20-14-15-22(29)25(17-20)33(36)37)18(3)26-30-23-12-8-7-11-21(23)28(35)32(26)24-13-9-6-10-19(24)5-2/h6-15,17-18H,4-5,16H2,1-3H3. The Morgan fingerprint density at radius 3 is 2.51 bits per heavy atom. The number of fused-ring (bicyclic) bond motifs is 1. The second-order valence-corrected chi connectivity index (χ2v) is 9.12. The Labute approximate surface area is 219 Å². The lowest BCUT2D eigenvalue weighted by atomic mass is 10.1. The van der Waals surface area contributed by atoms with Crippen molar-refractivity contribution in [3.8, 4) is 5.69 Å². The van der Waals surface area contributed by atoms with Crippen LogP contribution in [0.2, 0.25) is 5.02 Å². The third-order valence-corrected chi connectivity index (χ3v) is 6.69. The normalized spacial score (nSPS) is 11.9. The molecule has 1 heterocycles. The molecule has 190 valence electrons. The van der Waals surface area contributed by atoms with Crippen LogP contribution in [0.1, 0.15) is 55.0 Å². The van der Waals surface area contributed by atoms with Gasteiger partial charge in [0.05, 0.1) is 27.6 Å². The molecule has 37 heavy (non-hydrogen) atoms. The van der Waals surface area contributed by atoms with Gasteiger partial charge < -0.3 is 4.90 Å². The Morgan fingerprint density at radius 1 is 1.11 bits per heavy atom. The molecule has 0 aliphatic rings. The molecule has 1 atom stereocenters. The fraction of sp³-hybridized carbons (Fsp3) is 0.250. The lowest BCUT2D eigenvalue weighted by Gasteiger charge is -2.30. The third kappa shape index (κ3) is 4.97. The third-order valence-electron chi connectivity index (χ3n) is 6.37. The van der Waals surface area contributed by atoms with E-state index in [4.69, 9.17) is 16.6 Å². The Bertz CT molecular complexity index is 1550. The number of nitro benzene ring substituents is 1. The average Bonchev–Trinajstić information content (AvgIpc) is 2.91. The second-order valence-electron chi connectivity index (χ2n) is 8.71. The van der Waals surface area contributed by atoms with Gasteiger partial charge in [-0.2, -0.15) is 0 Å². The van der Waals surface area contributed by atoms with E-state index in [1.165, 1.54) is 18.2 Å². The van der Waals surface area contributed by atoms with Crippen LogP contribution in [0.15, 0.2) is 71.5 Å². The summed E-state index contributed by atoms with van der Waals surface area (Å²) in [6, 6.07) is 18.2. The van der Waals surface area contributed by atoms with E-state index in [0.717, 1.165) is 5.56 Å². The summed E-state index contributed by atoms with van der Waals surface area (Å²) >= 11 is 5.97. The molecule has 1 amide bonds. The summed E-state index contributed by atoms with van der Waals surface area (Å²) in [6.07, 6.45) is 1.34. The molecule has 1 aromatic heterocycles. The van der Waals surface area contributed by atoms with E-state index in [-0.39, 0.29) is 21.8 Å². The number of nitro groups is 1. The Balaban J connectivity index is 1.92. The summed E-state index contributed by atoms with van der Waals surface area (Å²) in [6.45, 7) is 6.13. The fourth-order valence-electron chi connectivity index (χ4n) is 4.49. The van der Waals surface area contributed by atoms with E-state index in [1.54, 1.807) is 27.7 Å². The lowest BCUT2D eigenvalue weighted by molar-refractivity contribution is -0.384. The predicted octanol–water partition coefficient (Wildman–Crippen LogP) is 6.12. The van der Waals surface area contributed by atoms with Crippen molar-refractivity contribution in [3.63, 3.8) is 0 Å². The SMILES string of the molecule is CCCN(C(=O)c1ccc(Cl)c([N+](=O)[O-])c1)C(C)c1nc2ccccc2c(=O)n1-c1ccccc1CC. The first kappa shape index (κ1) is 26.0. The maximum absolute atomic E-state index is 13.8. The van der Waals surface area contributed by atoms with Gasteiger partial charge in [0.15, 0.2) is 0 Å². The van der Waals surface area contributed by atoms with E-state index >= 15 is 0 Å². The first-order valence-electron chi connectivity index (χ1n) is 12.1. The quantitative estimate of drug-likeness (QED) is 0.206. The van der Waals surface area contributed by atoms with Crippen molar-refractivity contribution >= 4 is 34.1 Å². The Kier molecular flexibility index (Phi) is 7.69. The number of aromatic nitrogens is 2. The summed E-state index contributed by atoms with van der Waals surface area (Å²) in [4.78, 5) is 44.8. The van der Waals surface area contributed by atoms with Crippen LogP contribution in [0.25, 0.3) is 16.6 Å². The number of aryl methyl sites for hydroxylation is 1. The number of amides is 1. The van der Waals surface area contributed by atoms with Crippen LogP contribution in [-0.2, 0) is 6.42 Å². The van der Waals surface area contributed by atoms with Crippen molar-refractivity contribution in [1.82, 2.24) is 14.5 Å². The molecule has 0 fully saturated rings. The smallest absolute Gasteiger partial charge is 0.288 e. The Morgan fingerprint density at radius 2 is 1.81 bits per heavy atom. The zero-order valence-corrected chi connectivity index (χ0v) is 21.6. The molecule has 0 aliphatic carbocycles. The van der Waals surface area contributed by atoms with Crippen molar-refractivity contribution < 1.29 is 9.72 Å². The first-order chi connectivity index (χ1) is 17.8. The summed E-state index contributed by atoms with van der Waals surface area (Å²) in [5, 5.41) is 11.9. The molecule has 0 radical (unpaired) electrons. The van der Waals surface area contributed by atoms with Gasteiger partial charge in [-0.15, -0.1) is 0 Å². The van der Waals surface area contributed by atoms with Crippen molar-refractivity contribution in [2.24, 2.45) is 0 Å². The number of carbonyl (C=O) groups excluding carboxylic acids is 1. The van der Waals surface area contributed by atoms with Gasteiger partial charge in [-0.3, -0.25) is 24.3 Å². The van der Waals surface area contributed by atoms with Crippen LogP contribution in [0.3, 0.4) is 0 Å². The molecule has 0 bridgehead atoms. The number of para-hydroxylation sites is 2. The molecule has 0 saturated heterocycles. The summed E-state index contributed by atoms with van der Waals surface area (Å²) < 4.78 is 1.59. The van der Waals surface area contributed by atoms with Crippen LogP contribution in [0, 0.1) is 10.1 Å². The van der Waals surface area contributed by atoms with Crippen molar-refractivity contribution in [1.29, 1.82) is 0 Å². The van der Waals surface area contributed by atoms with Crippen LogP contribution < -0.4 is 5.56 Å². The highest BCUT2D eigenvalue weighted by atomic mass is 35.5. The highest BCUT2D eigenvalue weighted by Crippen LogP contribution is 2.29. The van der Waals surface area contributed by atoms with Gasteiger partial charge >= 0.3 is 0 Å². The van der Waals surface area contributed by atoms with Crippen LogP contribution in [0.5, 0.6) is 0 Å². The highest BCUT2D eigenvalue weighted by Gasteiger charge is 2.29. The number of hydrogen-bond donors (Lipinski definition) is 0. The first-order valence-corrected chi connectivity index (χ1v) is 12.5. The summed E-state index contributed by atoms with van der Waals surface area (Å²) in [7, 11) is 0. The van der Waals surface area contributed by atoms with E-state index in [9.17, 15) is 19.7 Å². The van der Waals surface area contributed by atoms with Gasteiger partial charge in [-0.1, -0.05) is 55.8 Å². The molecule has 0 saturated carbocycles. The molecular formula is C28H27ClN4O4. The fourth-order valence-corrected chi connectivity index (χ4v) is 4.68. The maximum Gasteiger partial charge on any atom is 0.288 e. The molecule has 0 N–H and O–H groups in total. The monoisotopic (exact) mass is 518 g/mol. The molecule has 4 aromatic rings. The van der Waals surface area contributed by atoms with E-state index in [1.807, 2.05) is 51.1 Å². The van der Waals surface area contributed by atoms with Gasteiger partial charge in [-0.05, 0) is 55.7 Å². The number of benzene rings is 3. The number of nitrogens with zero attached hydrogens (tertiary/aromatic N) is 4. The minimum absolute atomic E-state index is 0.0437. The molecule has 1 unspecified atom stereocenters. The maximum atomic E-state index is 13.8. The number of halogens is 1. The number of carbonyl (C=O) groups is 1. The van der Waals surface area contributed by atoms with E-state index in [0.29, 0.717) is 41.8 Å². The van der Waals surface area contributed by atoms with Gasteiger partial charge in [0, 0.05) is 18.2 Å². The largest absolute Gasteiger partial charge is 0.329 e. The summed E-state index contributed by atoms with van der Waals surface area (Å²) in [5.74, 6) is 0.00159. The van der Waals surface area contributed by atoms with Gasteiger partial charge in [0.1, 0.15) is 10.8 Å². The predicted molar refractivity (Wildman–Crippen MR) is 145 cm³/mol. The van der Waals surface area contributed by atoms with E-state index in [2.05, 4.69) is 0 Å². The minimum atomic E-state index is -0.621. The molecule has 0 spiro atoms. The van der Waals surface area contributed by atoms with Gasteiger partial charge in [0.25, 0.3) is 17.2 Å². The molecule has 8 nitrogen and oxygen atoms in total. The topological polar surface area (TPSA) is 98.3 Å². The van der Waals surface area contributed by atoms with Crippen molar-refractivity contribution in [2.45, 2.75) is 39.7 Å². The average molecular weight is 519 g/mol. The molecule has 9 heteroatoms. The zero-order chi connectivity index (χ0) is 26.7. The molecule has 0 aliphatic heterocycles. The molecule has 3 aromatic carbocycles. The van der Waals surface area contributed by atoms with Crippen molar-refractivity contribution in [3.05, 3.63) is 109 Å². The van der Waals surface area contributed by atoms with Crippen LogP contribution >= 0.6 is 11.6 Å². The highest BCUT2D eigenvalue weighted by molar-refractivity contribution is 6.32. The van der Waals surface area contributed by atoms with Gasteiger partial charge in [-0.25, -0.2) is 4.98 Å². The van der Waals surface area contributed by atoms with Crippen molar-refractivity contribution in [2.75, 3.05) is 6.54 Å². The zero-order valence-electron chi connectivity index (χ0n) is 20.8. The molecular weight excluding hydrogens is 492 g/mol. The van der Waals surface area contributed by atoms with Crippen LogP contribution in [-0.4, -0.2) is 31.8 Å². The molecule has 4 rings (SSSR count). The minimum Gasteiger partial charge on any atom is -0.329 e. The van der Waals surface area contributed by atoms with E-state index < -0.39 is 16.9 Å². The Hall–Kier alpha value is -4.04. The second kappa shape index (κ2) is 10.9. The summed E-state index contributed by atoms with van der Waals surface area (Å²) in [5.41, 5.74) is 1.79. The van der Waals surface area contributed by atoms with Crippen LogP contribution in [0.4, 0.5) is 5.69 Å². The number of hydrogen-bond acceptors (Lipinski definition) is 5.